The molecule has 0 spiro atoms. The van der Waals surface area contributed by atoms with Crippen LogP contribution in [0.4, 0.5) is 34.1 Å². The van der Waals surface area contributed by atoms with E-state index in [0.29, 0.717) is 13.2 Å². The Balaban J connectivity index is 1.68. The summed E-state index contributed by atoms with van der Waals surface area (Å²) in [6.07, 6.45) is 0. The molecule has 0 unspecified atom stereocenters. The fourth-order valence-corrected chi connectivity index (χ4v) is 10.1. The number of rotatable bonds is 11. The first-order valence-corrected chi connectivity index (χ1v) is 19.9. The fraction of sp³-hybridized carbons (Fsp3) is 0.318. The van der Waals surface area contributed by atoms with Gasteiger partial charge in [-0.25, -0.2) is 0 Å². The van der Waals surface area contributed by atoms with Crippen LogP contribution >= 0.6 is 0 Å². The first-order valence-electron chi connectivity index (χ1n) is 17.6. The Labute approximate surface area is 296 Å². The van der Waals surface area contributed by atoms with Gasteiger partial charge < -0.3 is 18.7 Å². The molecule has 5 rings (SSSR count). The van der Waals surface area contributed by atoms with Crippen LogP contribution in [0.5, 0.6) is 0 Å². The lowest BCUT2D eigenvalue weighted by molar-refractivity contribution is 0.202. The maximum atomic E-state index is 6.23. The lowest BCUT2D eigenvalue weighted by Gasteiger charge is -2.33. The summed E-state index contributed by atoms with van der Waals surface area (Å²) >= 11 is 0. The van der Waals surface area contributed by atoms with Gasteiger partial charge in [0.1, 0.15) is 0 Å². The van der Waals surface area contributed by atoms with Crippen LogP contribution in [-0.2, 0) is 8.85 Å². The predicted octanol–water partition coefficient (Wildman–Crippen LogP) is 11.8. The molecule has 0 amide bonds. The van der Waals surface area contributed by atoms with Crippen molar-refractivity contribution in [2.24, 2.45) is 0 Å². The summed E-state index contributed by atoms with van der Waals surface area (Å²) in [5, 5.41) is 1.14. The monoisotopic (exact) mass is 670 g/mol. The predicted molar refractivity (Wildman–Crippen MR) is 213 cm³/mol. The number of anilines is 6. The third kappa shape index (κ3) is 7.40. The number of benzene rings is 5. The van der Waals surface area contributed by atoms with Gasteiger partial charge in [-0.05, 0) is 158 Å². The van der Waals surface area contributed by atoms with Crippen LogP contribution in [-0.4, -0.2) is 21.8 Å². The van der Waals surface area contributed by atoms with Crippen molar-refractivity contribution in [1.82, 2.24) is 0 Å². The van der Waals surface area contributed by atoms with E-state index < -0.39 is 8.56 Å². The molecule has 5 aromatic rings. The van der Waals surface area contributed by atoms with Gasteiger partial charge in [-0.2, -0.15) is 0 Å². The Morgan fingerprint density at radius 1 is 0.429 bits per heavy atom. The number of aryl methyl sites for hydroxylation is 9. The molecule has 0 aliphatic carbocycles. The molecule has 49 heavy (non-hydrogen) atoms. The molecule has 0 saturated heterocycles. The standard InChI is InChI=1S/C44H54N2O2Si/c1-13-47-49(12,48-14-2)41-21-19-39(20-22-41)45(42-32(6)23-29(3)24-33(42)7)38-15-17-40(18-16-38)46(43-34(8)25-30(4)26-35(43)9)44-36(10)27-31(5)28-37(44)11/h15-28H,13-14H2,1-12H3. The van der Waals surface area contributed by atoms with Gasteiger partial charge in [-0.3, -0.25) is 0 Å². The second kappa shape index (κ2) is 14.8. The average molecular weight is 671 g/mol. The van der Waals surface area contributed by atoms with Crippen molar-refractivity contribution in [3.63, 3.8) is 0 Å². The first-order chi connectivity index (χ1) is 23.3. The van der Waals surface area contributed by atoms with Crippen molar-refractivity contribution >= 4 is 47.9 Å². The van der Waals surface area contributed by atoms with Crippen LogP contribution < -0.4 is 15.0 Å². The molecule has 0 radical (unpaired) electrons. The van der Waals surface area contributed by atoms with E-state index >= 15 is 0 Å². The van der Waals surface area contributed by atoms with Crippen molar-refractivity contribution in [2.45, 2.75) is 82.7 Å². The van der Waals surface area contributed by atoms with Gasteiger partial charge in [0.05, 0.1) is 17.1 Å². The van der Waals surface area contributed by atoms with E-state index in [-0.39, 0.29) is 0 Å². The van der Waals surface area contributed by atoms with E-state index in [9.17, 15) is 0 Å². The van der Waals surface area contributed by atoms with Crippen molar-refractivity contribution in [1.29, 1.82) is 0 Å². The number of nitrogens with zero attached hydrogens (tertiary/aromatic N) is 2. The van der Waals surface area contributed by atoms with Crippen molar-refractivity contribution in [3.05, 3.63) is 135 Å². The van der Waals surface area contributed by atoms with Crippen LogP contribution in [0.2, 0.25) is 6.55 Å². The van der Waals surface area contributed by atoms with Gasteiger partial charge in [0.15, 0.2) is 0 Å². The van der Waals surface area contributed by atoms with Crippen LogP contribution in [0.3, 0.4) is 0 Å². The summed E-state index contributed by atoms with van der Waals surface area (Å²) < 4.78 is 12.5. The highest BCUT2D eigenvalue weighted by molar-refractivity contribution is 6.80. The lowest BCUT2D eigenvalue weighted by atomic mass is 9.98. The summed E-state index contributed by atoms with van der Waals surface area (Å²) in [6, 6.07) is 31.7. The molecule has 0 heterocycles. The van der Waals surface area contributed by atoms with E-state index in [0.717, 1.165) is 22.2 Å². The largest absolute Gasteiger partial charge is 0.391 e. The third-order valence-electron chi connectivity index (χ3n) is 9.43. The Bertz CT molecular complexity index is 1810. The maximum absolute atomic E-state index is 6.23. The quantitative estimate of drug-likeness (QED) is 0.131. The molecule has 4 nitrogen and oxygen atoms in total. The molecule has 0 aliphatic rings. The zero-order chi connectivity index (χ0) is 35.6. The van der Waals surface area contributed by atoms with Crippen LogP contribution in [0, 0.1) is 62.3 Å². The molecule has 0 atom stereocenters. The van der Waals surface area contributed by atoms with Crippen molar-refractivity contribution in [2.75, 3.05) is 23.0 Å². The van der Waals surface area contributed by atoms with Crippen LogP contribution in [0.15, 0.2) is 84.9 Å². The molecule has 0 aliphatic heterocycles. The van der Waals surface area contributed by atoms with Gasteiger partial charge in [0.2, 0.25) is 0 Å². The Hall–Kier alpha value is -4.16. The van der Waals surface area contributed by atoms with Crippen molar-refractivity contribution in [3.8, 4) is 0 Å². The minimum atomic E-state index is -2.51. The molecule has 5 aromatic carbocycles. The van der Waals surface area contributed by atoms with E-state index in [2.05, 4.69) is 164 Å². The third-order valence-corrected chi connectivity index (χ3v) is 12.5. The Kier molecular flexibility index (Phi) is 10.9. The second-order valence-corrected chi connectivity index (χ2v) is 16.8. The normalized spacial score (nSPS) is 11.6. The summed E-state index contributed by atoms with van der Waals surface area (Å²) in [5.41, 5.74) is 18.4. The minimum absolute atomic E-state index is 0.630. The molecular weight excluding hydrogens is 617 g/mol. The summed E-state index contributed by atoms with van der Waals surface area (Å²) in [4.78, 5) is 4.86. The fourth-order valence-electron chi connectivity index (χ4n) is 7.78. The lowest BCUT2D eigenvalue weighted by Crippen LogP contribution is -2.51. The molecular formula is C44H54N2O2Si. The highest BCUT2D eigenvalue weighted by atomic mass is 28.4. The Morgan fingerprint density at radius 3 is 1.00 bits per heavy atom. The summed E-state index contributed by atoms with van der Waals surface area (Å²) in [6.45, 7) is 27.4. The number of hydrogen-bond acceptors (Lipinski definition) is 4. The Morgan fingerprint density at radius 2 is 0.694 bits per heavy atom. The van der Waals surface area contributed by atoms with Crippen LogP contribution in [0.25, 0.3) is 0 Å². The van der Waals surface area contributed by atoms with Crippen molar-refractivity contribution < 1.29 is 8.85 Å². The SMILES string of the molecule is CCO[Si](C)(OCC)c1ccc(N(c2ccc(N(c3c(C)cc(C)cc3C)c3c(C)cc(C)cc3C)cc2)c2c(C)cc(C)cc2C)cc1. The van der Waals surface area contributed by atoms with Gasteiger partial charge >= 0.3 is 8.56 Å². The minimum Gasteiger partial charge on any atom is -0.391 e. The maximum Gasteiger partial charge on any atom is 0.369 e. The van der Waals surface area contributed by atoms with E-state index in [1.165, 1.54) is 67.1 Å². The number of hydrogen-bond donors (Lipinski definition) is 0. The molecule has 0 saturated carbocycles. The van der Waals surface area contributed by atoms with Gasteiger partial charge in [-0.1, -0.05) is 65.2 Å². The molecule has 0 N–H and O–H groups in total. The zero-order valence-corrected chi connectivity index (χ0v) is 32.7. The highest BCUT2D eigenvalue weighted by Gasteiger charge is 2.34. The summed E-state index contributed by atoms with van der Waals surface area (Å²) in [5.74, 6) is 0. The van der Waals surface area contributed by atoms with E-state index in [1.807, 2.05) is 13.8 Å². The molecule has 5 heteroatoms. The second-order valence-electron chi connectivity index (χ2n) is 13.8. The molecule has 256 valence electrons. The smallest absolute Gasteiger partial charge is 0.369 e. The van der Waals surface area contributed by atoms with E-state index in [1.54, 1.807) is 0 Å². The molecule has 0 aromatic heterocycles. The van der Waals surface area contributed by atoms with Gasteiger partial charge in [0.25, 0.3) is 0 Å². The highest BCUT2D eigenvalue weighted by Crippen LogP contribution is 2.45. The first kappa shape index (κ1) is 36.1. The van der Waals surface area contributed by atoms with Gasteiger partial charge in [0, 0.05) is 30.3 Å². The van der Waals surface area contributed by atoms with Crippen LogP contribution in [0.1, 0.15) is 63.9 Å². The molecule has 0 fully saturated rings. The summed E-state index contributed by atoms with van der Waals surface area (Å²) in [7, 11) is -2.51. The zero-order valence-electron chi connectivity index (χ0n) is 31.7. The van der Waals surface area contributed by atoms with Gasteiger partial charge in [-0.15, -0.1) is 0 Å². The molecule has 0 bridgehead atoms. The van der Waals surface area contributed by atoms with E-state index in [4.69, 9.17) is 8.85 Å². The topological polar surface area (TPSA) is 24.9 Å². The average Bonchev–Trinajstić information content (AvgIpc) is 3.01.